The Balaban J connectivity index is 2.19. The molecular formula is C14H16N4O2S. The third-order valence-corrected chi connectivity index (χ3v) is 6.01. The molecule has 0 spiro atoms. The fourth-order valence-electron chi connectivity index (χ4n) is 2.78. The first kappa shape index (κ1) is 13.9. The van der Waals surface area contributed by atoms with Crippen molar-refractivity contribution in [3.63, 3.8) is 0 Å². The summed E-state index contributed by atoms with van der Waals surface area (Å²) in [6, 6.07) is 9.07. The van der Waals surface area contributed by atoms with Gasteiger partial charge < -0.3 is 0 Å². The molecule has 0 unspecified atom stereocenters. The average Bonchev–Trinajstić information content (AvgIpc) is 2.67. The first-order valence-electron chi connectivity index (χ1n) is 6.53. The summed E-state index contributed by atoms with van der Waals surface area (Å²) >= 11 is 0. The number of rotatable bonds is 1. The van der Waals surface area contributed by atoms with Crippen molar-refractivity contribution in [3.05, 3.63) is 36.2 Å². The Hall–Kier alpha value is -2.01. The van der Waals surface area contributed by atoms with Crippen LogP contribution in [-0.2, 0) is 9.72 Å². The lowest BCUT2D eigenvalue weighted by Gasteiger charge is -2.45. The smallest absolute Gasteiger partial charge is 0.148 e. The number of aromatic nitrogens is 1. The minimum atomic E-state index is -4.04. The van der Waals surface area contributed by atoms with Crippen LogP contribution >= 0.6 is 0 Å². The molecule has 1 atom stereocenters. The summed E-state index contributed by atoms with van der Waals surface area (Å²) in [6.07, 6.45) is 2.88. The van der Waals surface area contributed by atoms with Gasteiger partial charge in [-0.15, -0.1) is 0 Å². The van der Waals surface area contributed by atoms with Crippen LogP contribution < -0.4 is 9.03 Å². The summed E-state index contributed by atoms with van der Waals surface area (Å²) in [5.74, 6) is 0. The molecule has 0 aliphatic carbocycles. The van der Waals surface area contributed by atoms with E-state index < -0.39 is 9.72 Å². The van der Waals surface area contributed by atoms with E-state index in [1.165, 1.54) is 10.6 Å². The van der Waals surface area contributed by atoms with Gasteiger partial charge in [0, 0.05) is 18.1 Å². The molecule has 1 aliphatic heterocycles. The SMILES string of the molecule is C[C@H]1CNS(C)(=O)(O)N1c1ccc2c(C#N)nccc2c1. The molecule has 3 rings (SSSR count). The van der Waals surface area contributed by atoms with E-state index in [9.17, 15) is 8.76 Å². The highest BCUT2D eigenvalue weighted by molar-refractivity contribution is 8.14. The molecule has 7 heteroatoms. The molecule has 0 saturated carbocycles. The number of benzene rings is 1. The van der Waals surface area contributed by atoms with Crippen molar-refractivity contribution in [2.45, 2.75) is 13.0 Å². The van der Waals surface area contributed by atoms with E-state index in [1.807, 2.05) is 13.0 Å². The Kier molecular flexibility index (Phi) is 2.82. The molecular weight excluding hydrogens is 288 g/mol. The quantitative estimate of drug-likeness (QED) is 0.838. The number of nitriles is 1. The van der Waals surface area contributed by atoms with Crippen LogP contribution in [0.1, 0.15) is 12.6 Å². The van der Waals surface area contributed by atoms with Gasteiger partial charge in [0.2, 0.25) is 0 Å². The second kappa shape index (κ2) is 4.24. The topological polar surface area (TPSA) is 89.2 Å². The Morgan fingerprint density at radius 2 is 2.29 bits per heavy atom. The summed E-state index contributed by atoms with van der Waals surface area (Å²) in [5.41, 5.74) is 1.00. The molecule has 1 saturated heterocycles. The third kappa shape index (κ3) is 2.17. The van der Waals surface area contributed by atoms with Gasteiger partial charge >= 0.3 is 0 Å². The fraction of sp³-hybridized carbons (Fsp3) is 0.286. The van der Waals surface area contributed by atoms with Crippen LogP contribution in [0, 0.1) is 11.3 Å². The van der Waals surface area contributed by atoms with Crippen molar-refractivity contribution < 1.29 is 8.76 Å². The maximum Gasteiger partial charge on any atom is 0.148 e. The summed E-state index contributed by atoms with van der Waals surface area (Å²) in [7, 11) is -4.04. The Labute approximate surface area is 122 Å². The largest absolute Gasteiger partial charge is 0.275 e. The van der Waals surface area contributed by atoms with Gasteiger partial charge in [0.25, 0.3) is 0 Å². The lowest BCUT2D eigenvalue weighted by molar-refractivity contribution is 0.512. The minimum Gasteiger partial charge on any atom is -0.275 e. The highest BCUT2D eigenvalue weighted by Gasteiger charge is 2.40. The molecule has 0 radical (unpaired) electrons. The van der Waals surface area contributed by atoms with Crippen molar-refractivity contribution in [3.8, 4) is 6.07 Å². The highest BCUT2D eigenvalue weighted by atomic mass is 32.3. The lowest BCUT2D eigenvalue weighted by Crippen LogP contribution is -2.53. The van der Waals surface area contributed by atoms with Crippen molar-refractivity contribution in [2.24, 2.45) is 0 Å². The monoisotopic (exact) mass is 304 g/mol. The van der Waals surface area contributed by atoms with Gasteiger partial charge in [-0.25, -0.2) is 9.71 Å². The van der Waals surface area contributed by atoms with E-state index in [4.69, 9.17) is 5.26 Å². The molecule has 6 nitrogen and oxygen atoms in total. The average molecular weight is 304 g/mol. The molecule has 0 amide bonds. The predicted octanol–water partition coefficient (Wildman–Crippen LogP) is 1.66. The van der Waals surface area contributed by atoms with Crippen LogP contribution in [0.15, 0.2) is 30.5 Å². The number of fused-ring (bicyclic) bond motifs is 1. The second-order valence-corrected chi connectivity index (χ2v) is 8.58. The maximum atomic E-state index is 12.7. The van der Waals surface area contributed by atoms with Gasteiger partial charge in [0.1, 0.15) is 11.8 Å². The van der Waals surface area contributed by atoms with Crippen molar-refractivity contribution in [1.82, 2.24) is 9.71 Å². The molecule has 21 heavy (non-hydrogen) atoms. The second-order valence-electron chi connectivity index (χ2n) is 5.43. The number of anilines is 1. The number of nitrogens with one attached hydrogen (secondary N) is 1. The van der Waals surface area contributed by atoms with Gasteiger partial charge in [-0.2, -0.15) is 9.47 Å². The maximum absolute atomic E-state index is 12.7. The van der Waals surface area contributed by atoms with Crippen LogP contribution in [0.5, 0.6) is 0 Å². The Bertz CT molecular complexity index is 836. The first-order chi connectivity index (χ1) is 9.80. The zero-order valence-electron chi connectivity index (χ0n) is 11.8. The summed E-state index contributed by atoms with van der Waals surface area (Å²) in [4.78, 5) is 4.02. The lowest BCUT2D eigenvalue weighted by atomic mass is 10.1. The van der Waals surface area contributed by atoms with E-state index >= 15 is 0 Å². The molecule has 1 fully saturated rings. The van der Waals surface area contributed by atoms with Crippen LogP contribution in [0.25, 0.3) is 10.8 Å². The molecule has 1 aromatic heterocycles. The van der Waals surface area contributed by atoms with E-state index in [0.717, 1.165) is 10.8 Å². The molecule has 2 heterocycles. The third-order valence-electron chi connectivity index (χ3n) is 3.68. The van der Waals surface area contributed by atoms with Gasteiger partial charge in [-0.05, 0) is 36.6 Å². The van der Waals surface area contributed by atoms with E-state index in [-0.39, 0.29) is 6.04 Å². The summed E-state index contributed by atoms with van der Waals surface area (Å²) in [5, 5.41) is 10.6. The molecule has 110 valence electrons. The standard InChI is InChI=1S/C14H16N4O2S/c1-10-9-17-21(2,19,20)18(10)12-3-4-13-11(7-12)5-6-16-14(13)8-15/h3-7,10H,9H2,1-2H3,(H2,17,19,20)/t10-/m0/s1. The zero-order chi connectivity index (χ0) is 15.3. The summed E-state index contributed by atoms with van der Waals surface area (Å²) in [6.45, 7) is 2.33. The highest BCUT2D eigenvalue weighted by Crippen LogP contribution is 2.35. The number of nitrogens with zero attached hydrogens (tertiary/aromatic N) is 3. The Morgan fingerprint density at radius 3 is 2.90 bits per heavy atom. The Morgan fingerprint density at radius 1 is 1.52 bits per heavy atom. The van der Waals surface area contributed by atoms with Gasteiger partial charge in [-0.1, -0.05) is 9.72 Å². The number of pyridine rings is 1. The molecule has 2 N–H and O–H groups in total. The van der Waals surface area contributed by atoms with Crippen molar-refractivity contribution in [2.75, 3.05) is 17.1 Å². The minimum absolute atomic E-state index is 0.103. The molecule has 1 aliphatic rings. The zero-order valence-corrected chi connectivity index (χ0v) is 12.6. The van der Waals surface area contributed by atoms with Crippen LogP contribution in [0.3, 0.4) is 0 Å². The van der Waals surface area contributed by atoms with Crippen LogP contribution in [0.2, 0.25) is 0 Å². The first-order valence-corrected chi connectivity index (χ1v) is 8.82. The van der Waals surface area contributed by atoms with Gasteiger partial charge in [-0.3, -0.25) is 8.86 Å². The molecule has 1 aromatic carbocycles. The van der Waals surface area contributed by atoms with Crippen molar-refractivity contribution >= 4 is 26.2 Å². The van der Waals surface area contributed by atoms with Gasteiger partial charge in [0.05, 0.1) is 18.0 Å². The van der Waals surface area contributed by atoms with Crippen LogP contribution in [0.4, 0.5) is 5.69 Å². The van der Waals surface area contributed by atoms with E-state index in [2.05, 4.69) is 15.8 Å². The number of hydrogen-bond donors (Lipinski definition) is 2. The van der Waals surface area contributed by atoms with E-state index in [0.29, 0.717) is 17.9 Å². The van der Waals surface area contributed by atoms with Gasteiger partial charge in [0.15, 0.2) is 0 Å². The normalized spacial score (nSPS) is 25.1. The van der Waals surface area contributed by atoms with Crippen molar-refractivity contribution in [1.29, 1.82) is 5.26 Å². The summed E-state index contributed by atoms with van der Waals surface area (Å²) < 4.78 is 27.3. The number of hydrogen-bond acceptors (Lipinski definition) is 3. The fourth-order valence-corrected chi connectivity index (χ4v) is 5.08. The molecule has 0 bridgehead atoms. The van der Waals surface area contributed by atoms with Crippen LogP contribution in [-0.4, -0.2) is 32.6 Å². The molecule has 2 aromatic rings. The van der Waals surface area contributed by atoms with E-state index in [1.54, 1.807) is 24.4 Å². The predicted molar refractivity (Wildman–Crippen MR) is 83.1 cm³/mol.